The lowest BCUT2D eigenvalue weighted by Gasteiger charge is -2.14. The van der Waals surface area contributed by atoms with Gasteiger partial charge in [-0.3, -0.25) is 0 Å². The Morgan fingerprint density at radius 3 is 1.56 bits per heavy atom. The van der Waals surface area contributed by atoms with Crippen LogP contribution in [0.1, 0.15) is 5.56 Å². The Bertz CT molecular complexity index is 3420. The third-order valence-corrected chi connectivity index (χ3v) is 11.1. The molecular weight excluding hydrogens is 671 g/mol. The van der Waals surface area contributed by atoms with Crippen LogP contribution in [0.15, 0.2) is 176 Å². The Hall–Kier alpha value is -7.86. The van der Waals surface area contributed by atoms with Gasteiger partial charge in [0.1, 0.15) is 6.07 Å². The van der Waals surface area contributed by atoms with E-state index in [2.05, 4.69) is 164 Å². The molecule has 0 amide bonds. The molecule has 0 saturated heterocycles. The summed E-state index contributed by atoms with van der Waals surface area (Å²) < 4.78 is 6.81. The first-order valence-electron chi connectivity index (χ1n) is 18.3. The molecule has 55 heavy (non-hydrogen) atoms. The Labute approximate surface area is 316 Å². The van der Waals surface area contributed by atoms with E-state index in [0.717, 1.165) is 61.0 Å². The molecule has 0 radical (unpaired) electrons. The van der Waals surface area contributed by atoms with E-state index in [1.807, 2.05) is 36.4 Å². The minimum Gasteiger partial charge on any atom is -0.318 e. The lowest BCUT2D eigenvalue weighted by Crippen LogP contribution is -1.98. The molecule has 0 saturated carbocycles. The molecule has 0 aliphatic heterocycles. The van der Waals surface area contributed by atoms with Crippen LogP contribution in [0.2, 0.25) is 0 Å². The summed E-state index contributed by atoms with van der Waals surface area (Å²) >= 11 is 0. The predicted molar refractivity (Wildman–Crippen MR) is 226 cm³/mol. The molecule has 0 aliphatic carbocycles. The van der Waals surface area contributed by atoms with Crippen molar-refractivity contribution in [1.82, 2.24) is 13.7 Å². The molecule has 0 N–H and O–H groups in total. The fourth-order valence-corrected chi connectivity index (χ4v) is 8.74. The van der Waals surface area contributed by atoms with Gasteiger partial charge in [0.05, 0.1) is 50.9 Å². The number of para-hydroxylation sites is 5. The van der Waals surface area contributed by atoms with Crippen LogP contribution in [0.5, 0.6) is 0 Å². The highest BCUT2D eigenvalue weighted by atomic mass is 15.0. The van der Waals surface area contributed by atoms with Gasteiger partial charge in [0, 0.05) is 43.7 Å². The summed E-state index contributed by atoms with van der Waals surface area (Å²) in [4.78, 5) is 3.96. The standard InChI is InChI=1S/C50H29N5/c1-52-43-26-24-33(29-49(43)55-47-23-9-4-17-39(47)41-19-11-13-34(31-51)50(41)55)32-12-10-14-35(28-32)53-46-22-8-5-18-40(46)42-30-36(25-27-48(42)53)54-44-20-6-2-15-37(44)38-16-3-7-21-45(38)54/h2-30H. The number of fused-ring (bicyclic) bond motifs is 9. The van der Waals surface area contributed by atoms with Crippen molar-refractivity contribution in [2.45, 2.75) is 0 Å². The van der Waals surface area contributed by atoms with Crippen molar-refractivity contribution in [1.29, 1.82) is 5.26 Å². The van der Waals surface area contributed by atoms with Crippen molar-refractivity contribution < 1.29 is 0 Å². The summed E-state index contributed by atoms with van der Waals surface area (Å²) in [6.45, 7) is 8.14. The van der Waals surface area contributed by atoms with Gasteiger partial charge in [-0.05, 0) is 77.9 Å². The molecule has 0 spiro atoms. The molecule has 254 valence electrons. The lowest BCUT2D eigenvalue weighted by molar-refractivity contribution is 1.16. The van der Waals surface area contributed by atoms with E-state index in [1.54, 1.807) is 0 Å². The van der Waals surface area contributed by atoms with E-state index >= 15 is 0 Å². The maximum Gasteiger partial charge on any atom is 0.210 e. The topological polar surface area (TPSA) is 42.9 Å². The Kier molecular flexibility index (Phi) is 6.61. The average molecular weight is 700 g/mol. The van der Waals surface area contributed by atoms with E-state index in [0.29, 0.717) is 11.3 Å². The fraction of sp³-hybridized carbons (Fsp3) is 0. The molecule has 11 aromatic rings. The molecule has 8 aromatic carbocycles. The summed E-state index contributed by atoms with van der Waals surface area (Å²) in [6, 6.07) is 63.7. The quantitative estimate of drug-likeness (QED) is 0.169. The van der Waals surface area contributed by atoms with Gasteiger partial charge in [-0.15, -0.1) is 0 Å². The van der Waals surface area contributed by atoms with Crippen molar-refractivity contribution in [2.24, 2.45) is 0 Å². The number of nitriles is 1. The summed E-state index contributed by atoms with van der Waals surface area (Å²) in [6.07, 6.45) is 0. The monoisotopic (exact) mass is 699 g/mol. The number of aromatic nitrogens is 3. The highest BCUT2D eigenvalue weighted by Crippen LogP contribution is 2.40. The Balaban J connectivity index is 1.10. The smallest absolute Gasteiger partial charge is 0.210 e. The second-order valence-corrected chi connectivity index (χ2v) is 14.0. The van der Waals surface area contributed by atoms with Crippen molar-refractivity contribution in [3.8, 4) is 34.3 Å². The normalized spacial score (nSPS) is 11.6. The summed E-state index contributed by atoms with van der Waals surface area (Å²) in [5, 5.41) is 17.1. The largest absolute Gasteiger partial charge is 0.318 e. The number of nitrogens with zero attached hydrogens (tertiary/aromatic N) is 5. The minimum atomic E-state index is 0.525. The maximum atomic E-state index is 10.2. The fourth-order valence-electron chi connectivity index (χ4n) is 8.74. The highest BCUT2D eigenvalue weighted by Gasteiger charge is 2.20. The Morgan fingerprint density at radius 1 is 0.418 bits per heavy atom. The van der Waals surface area contributed by atoms with Crippen molar-refractivity contribution >= 4 is 71.1 Å². The predicted octanol–water partition coefficient (Wildman–Crippen LogP) is 13.1. The molecule has 5 heteroatoms. The van der Waals surface area contributed by atoms with Gasteiger partial charge in [0.25, 0.3) is 0 Å². The molecule has 11 rings (SSSR count). The van der Waals surface area contributed by atoms with E-state index in [9.17, 15) is 5.26 Å². The summed E-state index contributed by atoms with van der Waals surface area (Å²) in [5.41, 5.74) is 12.4. The maximum absolute atomic E-state index is 10.2. The van der Waals surface area contributed by atoms with Crippen LogP contribution in [0.3, 0.4) is 0 Å². The van der Waals surface area contributed by atoms with Crippen LogP contribution in [0.4, 0.5) is 5.69 Å². The Morgan fingerprint density at radius 2 is 0.927 bits per heavy atom. The van der Waals surface area contributed by atoms with Gasteiger partial charge >= 0.3 is 0 Å². The van der Waals surface area contributed by atoms with Crippen LogP contribution < -0.4 is 0 Å². The van der Waals surface area contributed by atoms with Crippen LogP contribution in [-0.4, -0.2) is 13.7 Å². The van der Waals surface area contributed by atoms with E-state index in [4.69, 9.17) is 6.57 Å². The average Bonchev–Trinajstić information content (AvgIpc) is 3.89. The third-order valence-electron chi connectivity index (χ3n) is 11.1. The van der Waals surface area contributed by atoms with Crippen molar-refractivity contribution in [3.05, 3.63) is 193 Å². The molecule has 0 bridgehead atoms. The van der Waals surface area contributed by atoms with E-state index in [-0.39, 0.29) is 0 Å². The highest BCUT2D eigenvalue weighted by molar-refractivity contribution is 6.13. The minimum absolute atomic E-state index is 0.525. The van der Waals surface area contributed by atoms with Crippen molar-refractivity contribution in [3.63, 3.8) is 0 Å². The van der Waals surface area contributed by atoms with E-state index < -0.39 is 0 Å². The first-order chi connectivity index (χ1) is 27.2. The van der Waals surface area contributed by atoms with Crippen LogP contribution in [0.25, 0.3) is 98.5 Å². The lowest BCUT2D eigenvalue weighted by atomic mass is 10.0. The van der Waals surface area contributed by atoms with Gasteiger partial charge in [-0.2, -0.15) is 5.26 Å². The molecular formula is C50H29N5. The zero-order valence-electron chi connectivity index (χ0n) is 29.5. The molecule has 0 atom stereocenters. The van der Waals surface area contributed by atoms with Gasteiger partial charge in [0.2, 0.25) is 5.69 Å². The van der Waals surface area contributed by atoms with Crippen molar-refractivity contribution in [2.75, 3.05) is 0 Å². The third kappa shape index (κ3) is 4.45. The molecule has 3 aromatic heterocycles. The molecule has 3 heterocycles. The second kappa shape index (κ2) is 11.8. The second-order valence-electron chi connectivity index (χ2n) is 14.0. The number of benzene rings is 8. The first kappa shape index (κ1) is 30.7. The molecule has 0 fully saturated rings. The van der Waals surface area contributed by atoms with Crippen LogP contribution in [-0.2, 0) is 0 Å². The zero-order chi connectivity index (χ0) is 36.6. The molecule has 5 nitrogen and oxygen atoms in total. The van der Waals surface area contributed by atoms with Gasteiger partial charge in [0.15, 0.2) is 0 Å². The summed E-state index contributed by atoms with van der Waals surface area (Å²) in [5.74, 6) is 0. The van der Waals surface area contributed by atoms with Gasteiger partial charge < -0.3 is 13.7 Å². The summed E-state index contributed by atoms with van der Waals surface area (Å²) in [7, 11) is 0. The SMILES string of the molecule is [C-]#[N+]c1ccc(-c2cccc(-n3c4ccccc4c4cc(-n5c6ccccc6c6ccccc65)ccc43)c2)cc1-n1c2ccccc2c2cccc(C#N)c21. The number of rotatable bonds is 4. The van der Waals surface area contributed by atoms with Crippen LogP contribution >= 0.6 is 0 Å². The number of hydrogen-bond donors (Lipinski definition) is 0. The first-order valence-corrected chi connectivity index (χ1v) is 18.3. The molecule has 0 unspecified atom stereocenters. The molecule has 0 aliphatic rings. The van der Waals surface area contributed by atoms with Crippen LogP contribution in [0, 0.1) is 17.9 Å². The van der Waals surface area contributed by atoms with Gasteiger partial charge in [-0.25, -0.2) is 4.85 Å². The van der Waals surface area contributed by atoms with E-state index in [1.165, 1.54) is 32.6 Å². The number of hydrogen-bond acceptors (Lipinski definition) is 1. The zero-order valence-corrected chi connectivity index (χ0v) is 29.5. The van der Waals surface area contributed by atoms with Gasteiger partial charge in [-0.1, -0.05) is 109 Å².